The largest absolute Gasteiger partial charge is 0.382 e. The maximum Gasteiger partial charge on any atom is 0.145 e. The zero-order chi connectivity index (χ0) is 10.7. The third-order valence-electron chi connectivity index (χ3n) is 2.42. The molecule has 0 saturated carbocycles. The number of aromatic amines is 1. The molecule has 1 heterocycles. The second-order valence-electron chi connectivity index (χ2n) is 3.81. The van der Waals surface area contributed by atoms with Gasteiger partial charge in [0.15, 0.2) is 0 Å². The highest BCUT2D eigenvalue weighted by Crippen LogP contribution is 2.09. The summed E-state index contributed by atoms with van der Waals surface area (Å²) in [5, 5.41) is 6.81. The minimum atomic E-state index is 0.564. The number of benzene rings is 1. The van der Waals surface area contributed by atoms with Gasteiger partial charge in [-0.2, -0.15) is 5.10 Å². The average molecular weight is 201 g/mol. The molecule has 3 N–H and O–H groups in total. The van der Waals surface area contributed by atoms with Crippen molar-refractivity contribution in [1.29, 1.82) is 0 Å². The summed E-state index contributed by atoms with van der Waals surface area (Å²) in [6.07, 6.45) is 1.97. The maximum absolute atomic E-state index is 5.53. The van der Waals surface area contributed by atoms with Crippen LogP contribution in [0.2, 0.25) is 0 Å². The predicted octanol–water partition coefficient (Wildman–Crippen LogP) is 2.09. The number of aromatic nitrogens is 2. The molecule has 15 heavy (non-hydrogen) atoms. The smallest absolute Gasteiger partial charge is 0.145 e. The highest BCUT2D eigenvalue weighted by atomic mass is 15.1. The van der Waals surface area contributed by atoms with Crippen molar-refractivity contribution in [3.8, 4) is 0 Å². The molecule has 1 aromatic heterocycles. The van der Waals surface area contributed by atoms with Gasteiger partial charge in [-0.05, 0) is 25.3 Å². The molecule has 0 spiro atoms. The standard InChI is InChI=1S/C12H15N3/c1-9-3-2-4-10(7-9)5-6-11-8-12(13)15-14-11/h2-4,7-8H,5-6H2,1H3,(H3,13,14,15). The van der Waals surface area contributed by atoms with E-state index in [1.54, 1.807) is 0 Å². The number of nitrogens with one attached hydrogen (secondary N) is 1. The van der Waals surface area contributed by atoms with Crippen molar-refractivity contribution in [1.82, 2.24) is 10.2 Å². The number of anilines is 1. The van der Waals surface area contributed by atoms with Crippen LogP contribution < -0.4 is 5.73 Å². The monoisotopic (exact) mass is 201 g/mol. The highest BCUT2D eigenvalue weighted by molar-refractivity contribution is 5.29. The molecular formula is C12H15N3. The number of hydrogen-bond donors (Lipinski definition) is 2. The van der Waals surface area contributed by atoms with Crippen molar-refractivity contribution in [2.24, 2.45) is 0 Å². The Labute approximate surface area is 89.3 Å². The van der Waals surface area contributed by atoms with E-state index in [0.29, 0.717) is 5.82 Å². The Morgan fingerprint density at radius 2 is 2.13 bits per heavy atom. The van der Waals surface area contributed by atoms with E-state index in [1.165, 1.54) is 11.1 Å². The summed E-state index contributed by atoms with van der Waals surface area (Å²) in [7, 11) is 0. The molecule has 0 atom stereocenters. The number of nitrogen functional groups attached to an aromatic ring is 1. The lowest BCUT2D eigenvalue weighted by molar-refractivity contribution is 0.892. The van der Waals surface area contributed by atoms with Gasteiger partial charge in [-0.25, -0.2) is 0 Å². The van der Waals surface area contributed by atoms with Crippen LogP contribution in [0.3, 0.4) is 0 Å². The molecule has 3 heteroatoms. The first kappa shape index (κ1) is 9.77. The van der Waals surface area contributed by atoms with Gasteiger partial charge in [0, 0.05) is 11.8 Å². The van der Waals surface area contributed by atoms with Crippen LogP contribution in [0.15, 0.2) is 30.3 Å². The van der Waals surface area contributed by atoms with E-state index in [2.05, 4.69) is 41.4 Å². The summed E-state index contributed by atoms with van der Waals surface area (Å²) in [4.78, 5) is 0. The molecule has 0 amide bonds. The minimum absolute atomic E-state index is 0.564. The Kier molecular flexibility index (Phi) is 2.72. The molecule has 3 nitrogen and oxygen atoms in total. The quantitative estimate of drug-likeness (QED) is 0.798. The van der Waals surface area contributed by atoms with Gasteiger partial charge in [-0.15, -0.1) is 0 Å². The molecule has 0 aliphatic rings. The molecule has 0 radical (unpaired) electrons. The Balaban J connectivity index is 1.99. The van der Waals surface area contributed by atoms with Gasteiger partial charge >= 0.3 is 0 Å². The van der Waals surface area contributed by atoms with E-state index in [9.17, 15) is 0 Å². The van der Waals surface area contributed by atoms with Crippen molar-refractivity contribution in [2.45, 2.75) is 19.8 Å². The Bertz CT molecular complexity index is 446. The van der Waals surface area contributed by atoms with E-state index >= 15 is 0 Å². The first-order valence-electron chi connectivity index (χ1n) is 5.09. The van der Waals surface area contributed by atoms with Crippen molar-refractivity contribution in [2.75, 3.05) is 5.73 Å². The van der Waals surface area contributed by atoms with Gasteiger partial charge in [0.25, 0.3) is 0 Å². The van der Waals surface area contributed by atoms with E-state index in [0.717, 1.165) is 18.5 Å². The molecule has 0 unspecified atom stereocenters. The van der Waals surface area contributed by atoms with Gasteiger partial charge in [-0.3, -0.25) is 5.10 Å². The van der Waals surface area contributed by atoms with Crippen LogP contribution in [-0.4, -0.2) is 10.2 Å². The zero-order valence-electron chi connectivity index (χ0n) is 8.83. The fraction of sp³-hybridized carbons (Fsp3) is 0.250. The van der Waals surface area contributed by atoms with Crippen molar-refractivity contribution < 1.29 is 0 Å². The molecular weight excluding hydrogens is 186 g/mol. The molecule has 0 aliphatic carbocycles. The van der Waals surface area contributed by atoms with Crippen molar-refractivity contribution in [3.05, 3.63) is 47.2 Å². The Morgan fingerprint density at radius 1 is 1.27 bits per heavy atom. The summed E-state index contributed by atoms with van der Waals surface area (Å²) < 4.78 is 0. The third-order valence-corrected chi connectivity index (χ3v) is 2.42. The van der Waals surface area contributed by atoms with E-state index in [-0.39, 0.29) is 0 Å². The number of nitrogens with two attached hydrogens (primary N) is 1. The summed E-state index contributed by atoms with van der Waals surface area (Å²) in [6.45, 7) is 2.11. The van der Waals surface area contributed by atoms with Gasteiger partial charge < -0.3 is 5.73 Å². The molecule has 1 aromatic carbocycles. The summed E-state index contributed by atoms with van der Waals surface area (Å²) in [6, 6.07) is 10.4. The number of nitrogens with zero attached hydrogens (tertiary/aromatic N) is 1. The van der Waals surface area contributed by atoms with Crippen LogP contribution in [0.4, 0.5) is 5.82 Å². The fourth-order valence-corrected chi connectivity index (χ4v) is 1.65. The molecule has 0 fully saturated rings. The van der Waals surface area contributed by atoms with Crippen molar-refractivity contribution in [3.63, 3.8) is 0 Å². The van der Waals surface area contributed by atoms with Gasteiger partial charge in [-0.1, -0.05) is 29.8 Å². The number of rotatable bonds is 3. The van der Waals surface area contributed by atoms with Gasteiger partial charge in [0.1, 0.15) is 5.82 Å². The van der Waals surface area contributed by atoms with Crippen LogP contribution in [0.1, 0.15) is 16.8 Å². The molecule has 0 bridgehead atoms. The van der Waals surface area contributed by atoms with E-state index in [1.807, 2.05) is 6.07 Å². The first-order chi connectivity index (χ1) is 7.24. The number of H-pyrrole nitrogens is 1. The van der Waals surface area contributed by atoms with E-state index < -0.39 is 0 Å². The lowest BCUT2D eigenvalue weighted by Gasteiger charge is -2.00. The zero-order valence-corrected chi connectivity index (χ0v) is 8.83. The van der Waals surface area contributed by atoms with Gasteiger partial charge in [0.05, 0.1) is 0 Å². The molecule has 2 aromatic rings. The lowest BCUT2D eigenvalue weighted by Crippen LogP contribution is -1.92. The normalized spacial score (nSPS) is 10.5. The Morgan fingerprint density at radius 3 is 2.80 bits per heavy atom. The maximum atomic E-state index is 5.53. The van der Waals surface area contributed by atoms with Gasteiger partial charge in [0.2, 0.25) is 0 Å². The molecule has 78 valence electrons. The minimum Gasteiger partial charge on any atom is -0.382 e. The highest BCUT2D eigenvalue weighted by Gasteiger charge is 1.99. The third kappa shape index (κ3) is 2.59. The summed E-state index contributed by atoms with van der Waals surface area (Å²) in [5.74, 6) is 0.564. The van der Waals surface area contributed by atoms with Crippen LogP contribution >= 0.6 is 0 Å². The predicted molar refractivity (Wildman–Crippen MR) is 61.6 cm³/mol. The SMILES string of the molecule is Cc1cccc(CCc2cc(N)n[nH]2)c1. The second kappa shape index (κ2) is 4.17. The second-order valence-corrected chi connectivity index (χ2v) is 3.81. The molecule has 0 saturated heterocycles. The average Bonchev–Trinajstić information content (AvgIpc) is 2.62. The molecule has 0 aliphatic heterocycles. The number of aryl methyl sites for hydroxylation is 3. The van der Waals surface area contributed by atoms with Crippen LogP contribution in [-0.2, 0) is 12.8 Å². The van der Waals surface area contributed by atoms with Crippen molar-refractivity contribution >= 4 is 5.82 Å². The van der Waals surface area contributed by atoms with Crippen LogP contribution in [0, 0.1) is 6.92 Å². The first-order valence-corrected chi connectivity index (χ1v) is 5.09. The summed E-state index contributed by atoms with van der Waals surface area (Å²) in [5.41, 5.74) is 9.27. The van der Waals surface area contributed by atoms with E-state index in [4.69, 9.17) is 5.73 Å². The topological polar surface area (TPSA) is 54.7 Å². The summed E-state index contributed by atoms with van der Waals surface area (Å²) >= 11 is 0. The van der Waals surface area contributed by atoms with Crippen LogP contribution in [0.5, 0.6) is 0 Å². The van der Waals surface area contributed by atoms with Crippen LogP contribution in [0.25, 0.3) is 0 Å². The molecule has 2 rings (SSSR count). The lowest BCUT2D eigenvalue weighted by atomic mass is 10.1. The number of hydrogen-bond acceptors (Lipinski definition) is 2. The Hall–Kier alpha value is -1.77. The fourth-order valence-electron chi connectivity index (χ4n) is 1.65.